The first-order chi connectivity index (χ1) is 6.56. The Hall–Kier alpha value is -0.360. The molecule has 0 saturated carbocycles. The predicted molar refractivity (Wildman–Crippen MR) is 71.3 cm³/mol. The summed E-state index contributed by atoms with van der Waals surface area (Å²) in [7, 11) is 0. The van der Waals surface area contributed by atoms with E-state index in [2.05, 4.69) is 10.3 Å². The van der Waals surface area contributed by atoms with E-state index in [1.165, 1.54) is 11.3 Å². The SMILES string of the molecule is CC(C)(CN)C(=O)NCc1cscn1.Cl.Cl. The van der Waals surface area contributed by atoms with Crippen molar-refractivity contribution in [2.24, 2.45) is 11.1 Å². The normalized spacial score (nSPS) is 9.94. The van der Waals surface area contributed by atoms with Crippen molar-refractivity contribution in [2.75, 3.05) is 6.54 Å². The number of hydrogen-bond acceptors (Lipinski definition) is 4. The maximum Gasteiger partial charge on any atom is 0.227 e. The third-order valence-corrected chi connectivity index (χ3v) is 2.67. The van der Waals surface area contributed by atoms with Gasteiger partial charge in [0.2, 0.25) is 5.91 Å². The van der Waals surface area contributed by atoms with Crippen LogP contribution < -0.4 is 11.1 Å². The van der Waals surface area contributed by atoms with Gasteiger partial charge in [0.15, 0.2) is 0 Å². The van der Waals surface area contributed by atoms with E-state index in [1.807, 2.05) is 19.2 Å². The molecule has 16 heavy (non-hydrogen) atoms. The van der Waals surface area contributed by atoms with Crippen LogP contribution in [0.5, 0.6) is 0 Å². The molecular formula is C9H17Cl2N3OS. The van der Waals surface area contributed by atoms with E-state index in [9.17, 15) is 4.79 Å². The van der Waals surface area contributed by atoms with Crippen LogP contribution in [0.15, 0.2) is 10.9 Å². The van der Waals surface area contributed by atoms with Gasteiger partial charge in [-0.25, -0.2) is 4.98 Å². The van der Waals surface area contributed by atoms with Gasteiger partial charge in [0.1, 0.15) is 0 Å². The number of nitrogens with zero attached hydrogens (tertiary/aromatic N) is 1. The smallest absolute Gasteiger partial charge is 0.227 e. The first kappa shape index (κ1) is 18.0. The van der Waals surface area contributed by atoms with Gasteiger partial charge in [-0.3, -0.25) is 4.79 Å². The van der Waals surface area contributed by atoms with Gasteiger partial charge in [0, 0.05) is 11.9 Å². The van der Waals surface area contributed by atoms with Crippen molar-refractivity contribution in [2.45, 2.75) is 20.4 Å². The molecule has 1 amide bonds. The van der Waals surface area contributed by atoms with E-state index >= 15 is 0 Å². The molecule has 0 saturated heterocycles. The van der Waals surface area contributed by atoms with Gasteiger partial charge in [0.25, 0.3) is 0 Å². The minimum absolute atomic E-state index is 0. The number of rotatable bonds is 4. The van der Waals surface area contributed by atoms with E-state index in [0.717, 1.165) is 5.69 Å². The second-order valence-corrected chi connectivity index (χ2v) is 4.47. The Bertz CT molecular complexity index is 304. The molecule has 0 spiro atoms. The number of carbonyl (C=O) groups is 1. The van der Waals surface area contributed by atoms with E-state index in [0.29, 0.717) is 13.1 Å². The molecule has 7 heteroatoms. The fraction of sp³-hybridized carbons (Fsp3) is 0.556. The molecule has 94 valence electrons. The fourth-order valence-electron chi connectivity index (χ4n) is 0.828. The monoisotopic (exact) mass is 285 g/mol. The van der Waals surface area contributed by atoms with Gasteiger partial charge in [0.05, 0.1) is 23.2 Å². The molecule has 0 atom stereocenters. The van der Waals surface area contributed by atoms with Gasteiger partial charge in [-0.05, 0) is 13.8 Å². The van der Waals surface area contributed by atoms with Crippen LogP contribution in [0.3, 0.4) is 0 Å². The Morgan fingerprint density at radius 2 is 2.19 bits per heavy atom. The Morgan fingerprint density at radius 1 is 1.56 bits per heavy atom. The Labute approximate surface area is 112 Å². The third-order valence-electron chi connectivity index (χ3n) is 2.04. The summed E-state index contributed by atoms with van der Waals surface area (Å²) in [4.78, 5) is 15.6. The van der Waals surface area contributed by atoms with Crippen molar-refractivity contribution in [3.8, 4) is 0 Å². The average molecular weight is 286 g/mol. The maximum absolute atomic E-state index is 11.6. The first-order valence-electron chi connectivity index (χ1n) is 4.41. The highest BCUT2D eigenvalue weighted by Gasteiger charge is 2.25. The van der Waals surface area contributed by atoms with Crippen molar-refractivity contribution < 1.29 is 4.79 Å². The minimum Gasteiger partial charge on any atom is -0.350 e. The molecule has 4 nitrogen and oxygen atoms in total. The zero-order chi connectivity index (χ0) is 10.6. The van der Waals surface area contributed by atoms with Crippen LogP contribution in [-0.2, 0) is 11.3 Å². The van der Waals surface area contributed by atoms with E-state index in [-0.39, 0.29) is 30.7 Å². The predicted octanol–water partition coefficient (Wildman–Crippen LogP) is 1.59. The van der Waals surface area contributed by atoms with E-state index in [4.69, 9.17) is 5.73 Å². The molecular weight excluding hydrogens is 269 g/mol. The number of amides is 1. The summed E-state index contributed by atoms with van der Waals surface area (Å²) in [6.45, 7) is 4.47. The first-order valence-corrected chi connectivity index (χ1v) is 5.36. The van der Waals surface area contributed by atoms with Crippen LogP contribution in [-0.4, -0.2) is 17.4 Å². The molecule has 1 rings (SSSR count). The molecule has 0 aromatic carbocycles. The number of halogens is 2. The molecule has 0 unspecified atom stereocenters. The van der Waals surface area contributed by atoms with Gasteiger partial charge in [-0.15, -0.1) is 36.2 Å². The lowest BCUT2D eigenvalue weighted by molar-refractivity contribution is -0.129. The average Bonchev–Trinajstić information content (AvgIpc) is 2.66. The van der Waals surface area contributed by atoms with Crippen LogP contribution in [0.4, 0.5) is 0 Å². The van der Waals surface area contributed by atoms with Crippen molar-refractivity contribution in [1.29, 1.82) is 0 Å². The molecule has 0 fully saturated rings. The standard InChI is InChI=1S/C9H15N3OS.2ClH/c1-9(2,5-10)8(13)11-3-7-4-14-6-12-7;;/h4,6H,3,5,10H2,1-2H3,(H,11,13);2*1H. The largest absolute Gasteiger partial charge is 0.350 e. The Balaban J connectivity index is 0. The number of nitrogens with one attached hydrogen (secondary N) is 1. The molecule has 1 heterocycles. The highest BCUT2D eigenvalue weighted by molar-refractivity contribution is 7.07. The zero-order valence-corrected chi connectivity index (χ0v) is 11.7. The summed E-state index contributed by atoms with van der Waals surface area (Å²) >= 11 is 1.52. The van der Waals surface area contributed by atoms with Crippen molar-refractivity contribution in [3.63, 3.8) is 0 Å². The number of carbonyl (C=O) groups excluding carboxylic acids is 1. The molecule has 0 aliphatic carbocycles. The molecule has 1 aromatic rings. The molecule has 1 aromatic heterocycles. The van der Waals surface area contributed by atoms with Gasteiger partial charge in [-0.2, -0.15) is 0 Å². The minimum atomic E-state index is -0.504. The van der Waals surface area contributed by atoms with Crippen LogP contribution in [0.1, 0.15) is 19.5 Å². The molecule has 3 N–H and O–H groups in total. The van der Waals surface area contributed by atoms with Crippen molar-refractivity contribution >= 4 is 42.1 Å². The molecule has 0 aliphatic rings. The molecule has 0 bridgehead atoms. The summed E-state index contributed by atoms with van der Waals surface area (Å²) in [6, 6.07) is 0. The Kier molecular flexibility index (Phi) is 8.83. The highest BCUT2D eigenvalue weighted by Crippen LogP contribution is 2.12. The molecule has 0 radical (unpaired) electrons. The third kappa shape index (κ3) is 5.12. The van der Waals surface area contributed by atoms with Crippen LogP contribution in [0.25, 0.3) is 0 Å². The summed E-state index contributed by atoms with van der Waals surface area (Å²) in [5, 5.41) is 4.71. The summed E-state index contributed by atoms with van der Waals surface area (Å²) in [5.41, 5.74) is 7.61. The summed E-state index contributed by atoms with van der Waals surface area (Å²) in [6.07, 6.45) is 0. The quantitative estimate of drug-likeness (QED) is 0.883. The number of aromatic nitrogens is 1. The lowest BCUT2D eigenvalue weighted by Crippen LogP contribution is -2.41. The van der Waals surface area contributed by atoms with E-state index < -0.39 is 5.41 Å². The number of nitrogens with two attached hydrogens (primary N) is 1. The zero-order valence-electron chi connectivity index (χ0n) is 9.23. The van der Waals surface area contributed by atoms with Crippen LogP contribution >= 0.6 is 36.2 Å². The van der Waals surface area contributed by atoms with Crippen molar-refractivity contribution in [3.05, 3.63) is 16.6 Å². The number of hydrogen-bond donors (Lipinski definition) is 2. The summed E-state index contributed by atoms with van der Waals surface area (Å²) in [5.74, 6) is -0.0343. The van der Waals surface area contributed by atoms with Crippen LogP contribution in [0, 0.1) is 5.41 Å². The number of thiazole rings is 1. The lowest BCUT2D eigenvalue weighted by Gasteiger charge is -2.20. The highest BCUT2D eigenvalue weighted by atomic mass is 35.5. The van der Waals surface area contributed by atoms with Gasteiger partial charge >= 0.3 is 0 Å². The summed E-state index contributed by atoms with van der Waals surface area (Å²) < 4.78 is 0. The topological polar surface area (TPSA) is 68.0 Å². The van der Waals surface area contributed by atoms with Crippen LogP contribution in [0.2, 0.25) is 0 Å². The van der Waals surface area contributed by atoms with E-state index in [1.54, 1.807) is 5.51 Å². The van der Waals surface area contributed by atoms with Crippen molar-refractivity contribution in [1.82, 2.24) is 10.3 Å². The van der Waals surface area contributed by atoms with Gasteiger partial charge in [-0.1, -0.05) is 0 Å². The molecule has 0 aliphatic heterocycles. The fourth-order valence-corrected chi connectivity index (χ4v) is 1.39. The Morgan fingerprint density at radius 3 is 2.62 bits per heavy atom. The lowest BCUT2D eigenvalue weighted by atomic mass is 9.93. The second kappa shape index (κ2) is 7.84. The maximum atomic E-state index is 11.6. The van der Waals surface area contributed by atoms with Gasteiger partial charge < -0.3 is 11.1 Å². The second-order valence-electron chi connectivity index (χ2n) is 3.75.